The lowest BCUT2D eigenvalue weighted by Gasteiger charge is -2.39. The van der Waals surface area contributed by atoms with Crippen LogP contribution in [0.2, 0.25) is 0 Å². The predicted octanol–water partition coefficient (Wildman–Crippen LogP) is 3.44. The van der Waals surface area contributed by atoms with E-state index in [0.29, 0.717) is 12.1 Å². The van der Waals surface area contributed by atoms with Crippen molar-refractivity contribution < 1.29 is 4.74 Å². The Bertz CT molecular complexity index is 408. The van der Waals surface area contributed by atoms with Crippen LogP contribution in [0, 0.1) is 0 Å². The minimum Gasteiger partial charge on any atom is -0.494 e. The molecule has 1 aromatic carbocycles. The van der Waals surface area contributed by atoms with Gasteiger partial charge in [0.05, 0.1) is 6.61 Å². The van der Waals surface area contributed by atoms with Gasteiger partial charge in [-0.05, 0) is 51.8 Å². The highest BCUT2D eigenvalue weighted by atomic mass is 16.5. The normalized spacial score (nSPS) is 22.9. The first-order valence-corrected chi connectivity index (χ1v) is 7.97. The summed E-state index contributed by atoms with van der Waals surface area (Å²) in [5.41, 5.74) is 1.29. The van der Waals surface area contributed by atoms with Gasteiger partial charge in [0.2, 0.25) is 0 Å². The van der Waals surface area contributed by atoms with Gasteiger partial charge in [-0.2, -0.15) is 0 Å². The Kier molecular flexibility index (Phi) is 5.72. The Morgan fingerprint density at radius 2 is 2.20 bits per heavy atom. The van der Waals surface area contributed by atoms with Crippen molar-refractivity contribution in [2.24, 2.45) is 0 Å². The van der Waals surface area contributed by atoms with Crippen LogP contribution in [0.1, 0.15) is 40.0 Å². The zero-order valence-electron chi connectivity index (χ0n) is 13.1. The fourth-order valence-electron chi connectivity index (χ4n) is 3.01. The number of nitrogens with zero attached hydrogens (tertiary/aromatic N) is 1. The number of hydrogen-bond donors (Lipinski definition) is 1. The third kappa shape index (κ3) is 3.89. The molecule has 1 saturated heterocycles. The van der Waals surface area contributed by atoms with Gasteiger partial charge in [-0.25, -0.2) is 0 Å². The van der Waals surface area contributed by atoms with Crippen molar-refractivity contribution >= 4 is 5.69 Å². The largest absolute Gasteiger partial charge is 0.494 e. The molecule has 112 valence electrons. The summed E-state index contributed by atoms with van der Waals surface area (Å²) in [6, 6.07) is 9.74. The lowest BCUT2D eigenvalue weighted by Crippen LogP contribution is -2.47. The molecule has 0 amide bonds. The molecule has 0 radical (unpaired) electrons. The second-order valence-electron chi connectivity index (χ2n) is 5.65. The van der Waals surface area contributed by atoms with E-state index in [2.05, 4.69) is 42.3 Å². The Labute approximate surface area is 123 Å². The molecule has 1 N–H and O–H groups in total. The Hall–Kier alpha value is -1.22. The first-order valence-electron chi connectivity index (χ1n) is 7.97. The minimum atomic E-state index is 0.579. The molecular formula is C17H28N2O. The molecule has 2 atom stereocenters. The van der Waals surface area contributed by atoms with E-state index in [-0.39, 0.29) is 0 Å². The summed E-state index contributed by atoms with van der Waals surface area (Å²) >= 11 is 0. The van der Waals surface area contributed by atoms with E-state index >= 15 is 0 Å². The lowest BCUT2D eigenvalue weighted by atomic mass is 9.97. The molecule has 2 unspecified atom stereocenters. The molecule has 1 aliphatic heterocycles. The van der Waals surface area contributed by atoms with Gasteiger partial charge in [0, 0.05) is 30.4 Å². The Morgan fingerprint density at radius 3 is 2.90 bits per heavy atom. The van der Waals surface area contributed by atoms with Gasteiger partial charge < -0.3 is 15.0 Å². The van der Waals surface area contributed by atoms with Crippen LogP contribution in [-0.4, -0.2) is 31.8 Å². The summed E-state index contributed by atoms with van der Waals surface area (Å²) < 4.78 is 5.61. The summed E-state index contributed by atoms with van der Waals surface area (Å²) in [4.78, 5) is 2.51. The summed E-state index contributed by atoms with van der Waals surface area (Å²) in [6.45, 7) is 9.56. The summed E-state index contributed by atoms with van der Waals surface area (Å²) in [5, 5.41) is 3.65. The first-order chi connectivity index (χ1) is 9.74. The number of nitrogens with one attached hydrogen (secondary N) is 1. The Morgan fingerprint density at radius 1 is 1.35 bits per heavy atom. The molecule has 0 bridgehead atoms. The second kappa shape index (κ2) is 7.53. The maximum atomic E-state index is 5.61. The maximum Gasteiger partial charge on any atom is 0.121 e. The van der Waals surface area contributed by atoms with Gasteiger partial charge in [0.25, 0.3) is 0 Å². The van der Waals surface area contributed by atoms with Crippen LogP contribution in [0.25, 0.3) is 0 Å². The maximum absolute atomic E-state index is 5.61. The van der Waals surface area contributed by atoms with Crippen LogP contribution in [0.5, 0.6) is 5.75 Å². The standard InChI is InChI=1S/C17H28N2O/c1-4-10-18-15-9-11-19(14(3)12-15)16-7-6-8-17(13-16)20-5-2/h6-8,13-15,18H,4-5,9-12H2,1-3H3. The van der Waals surface area contributed by atoms with Gasteiger partial charge in [-0.3, -0.25) is 0 Å². The van der Waals surface area contributed by atoms with Crippen LogP contribution < -0.4 is 15.0 Å². The highest BCUT2D eigenvalue weighted by Crippen LogP contribution is 2.27. The highest BCUT2D eigenvalue weighted by Gasteiger charge is 2.25. The number of benzene rings is 1. The van der Waals surface area contributed by atoms with E-state index in [9.17, 15) is 0 Å². The number of piperidine rings is 1. The van der Waals surface area contributed by atoms with Crippen LogP contribution in [0.15, 0.2) is 24.3 Å². The lowest BCUT2D eigenvalue weighted by molar-refractivity contribution is 0.339. The van der Waals surface area contributed by atoms with Gasteiger partial charge in [0.1, 0.15) is 5.75 Å². The molecular weight excluding hydrogens is 248 g/mol. The van der Waals surface area contributed by atoms with Crippen molar-refractivity contribution in [2.45, 2.75) is 52.1 Å². The van der Waals surface area contributed by atoms with E-state index in [1.165, 1.54) is 24.9 Å². The smallest absolute Gasteiger partial charge is 0.121 e. The predicted molar refractivity (Wildman–Crippen MR) is 85.7 cm³/mol. The number of rotatable bonds is 6. The second-order valence-corrected chi connectivity index (χ2v) is 5.65. The monoisotopic (exact) mass is 276 g/mol. The number of hydrogen-bond acceptors (Lipinski definition) is 3. The molecule has 0 spiro atoms. The first kappa shape index (κ1) is 15.2. The van der Waals surface area contributed by atoms with Crippen molar-refractivity contribution in [3.05, 3.63) is 24.3 Å². The quantitative estimate of drug-likeness (QED) is 0.861. The van der Waals surface area contributed by atoms with Crippen LogP contribution in [0.3, 0.4) is 0 Å². The fraction of sp³-hybridized carbons (Fsp3) is 0.647. The molecule has 1 aromatic rings. The van der Waals surface area contributed by atoms with Crippen LogP contribution >= 0.6 is 0 Å². The van der Waals surface area contributed by atoms with Gasteiger partial charge >= 0.3 is 0 Å². The van der Waals surface area contributed by atoms with Crippen LogP contribution in [-0.2, 0) is 0 Å². The van der Waals surface area contributed by atoms with Gasteiger partial charge in [-0.1, -0.05) is 13.0 Å². The van der Waals surface area contributed by atoms with Gasteiger partial charge in [-0.15, -0.1) is 0 Å². The Balaban J connectivity index is 1.98. The SMILES string of the molecule is CCCNC1CCN(c2cccc(OCC)c2)C(C)C1. The molecule has 1 fully saturated rings. The highest BCUT2D eigenvalue weighted by molar-refractivity contribution is 5.52. The zero-order valence-corrected chi connectivity index (χ0v) is 13.1. The summed E-state index contributed by atoms with van der Waals surface area (Å²) in [5.74, 6) is 0.975. The summed E-state index contributed by atoms with van der Waals surface area (Å²) in [7, 11) is 0. The molecule has 1 heterocycles. The molecule has 0 aromatic heterocycles. The molecule has 20 heavy (non-hydrogen) atoms. The third-order valence-electron chi connectivity index (χ3n) is 4.02. The molecule has 3 heteroatoms. The number of ether oxygens (including phenoxy) is 1. The average molecular weight is 276 g/mol. The summed E-state index contributed by atoms with van der Waals surface area (Å²) in [6.07, 6.45) is 3.66. The van der Waals surface area contributed by atoms with Crippen molar-refractivity contribution in [1.82, 2.24) is 5.32 Å². The van der Waals surface area contributed by atoms with Crippen molar-refractivity contribution in [3.63, 3.8) is 0 Å². The average Bonchev–Trinajstić information content (AvgIpc) is 2.46. The molecule has 0 aliphatic carbocycles. The van der Waals surface area contributed by atoms with E-state index in [0.717, 1.165) is 25.4 Å². The van der Waals surface area contributed by atoms with Crippen molar-refractivity contribution in [3.8, 4) is 5.75 Å². The van der Waals surface area contributed by atoms with Gasteiger partial charge in [0.15, 0.2) is 0 Å². The van der Waals surface area contributed by atoms with E-state index < -0.39 is 0 Å². The fourth-order valence-corrected chi connectivity index (χ4v) is 3.01. The van der Waals surface area contributed by atoms with Crippen LogP contribution in [0.4, 0.5) is 5.69 Å². The zero-order chi connectivity index (χ0) is 14.4. The van der Waals surface area contributed by atoms with Crippen molar-refractivity contribution in [1.29, 1.82) is 0 Å². The molecule has 3 nitrogen and oxygen atoms in total. The molecule has 0 saturated carbocycles. The van der Waals surface area contributed by atoms with E-state index in [4.69, 9.17) is 4.74 Å². The third-order valence-corrected chi connectivity index (χ3v) is 4.02. The molecule has 1 aliphatic rings. The van der Waals surface area contributed by atoms with Crippen molar-refractivity contribution in [2.75, 3.05) is 24.6 Å². The van der Waals surface area contributed by atoms with E-state index in [1.807, 2.05) is 13.0 Å². The topological polar surface area (TPSA) is 24.5 Å². The van der Waals surface area contributed by atoms with E-state index in [1.54, 1.807) is 0 Å². The minimum absolute atomic E-state index is 0.579. The number of anilines is 1. The molecule has 2 rings (SSSR count).